The van der Waals surface area contributed by atoms with Crippen LogP contribution in [0.15, 0.2) is 54.6 Å². The van der Waals surface area contributed by atoms with Crippen LogP contribution in [0.3, 0.4) is 0 Å². The van der Waals surface area contributed by atoms with Crippen LogP contribution in [0, 0.1) is 11.8 Å². The number of carbonyl (C=O) groups is 1. The number of nitrogens with one attached hydrogen (secondary N) is 1. The molecule has 0 aromatic heterocycles. The fraction of sp³-hybridized carbons (Fsp3) is 0.409. The van der Waals surface area contributed by atoms with Crippen molar-refractivity contribution in [3.05, 3.63) is 60.2 Å². The van der Waals surface area contributed by atoms with Crippen molar-refractivity contribution >= 4 is 11.6 Å². The molecular formula is C22H28N2O3. The van der Waals surface area contributed by atoms with Gasteiger partial charge in [0, 0.05) is 24.9 Å². The molecule has 27 heavy (non-hydrogen) atoms. The summed E-state index contributed by atoms with van der Waals surface area (Å²) in [5.41, 5.74) is 7.93. The Bertz CT molecular complexity index is 712. The zero-order chi connectivity index (χ0) is 19.1. The second kappa shape index (κ2) is 9.53. The largest absolute Gasteiger partial charge is 0.493 e. The number of hydrogen-bond donors (Lipinski definition) is 2. The molecule has 3 rings (SSSR count). The van der Waals surface area contributed by atoms with E-state index in [1.54, 1.807) is 0 Å². The summed E-state index contributed by atoms with van der Waals surface area (Å²) in [7, 11) is 0. The van der Waals surface area contributed by atoms with Crippen LogP contribution in [-0.4, -0.2) is 25.7 Å². The third-order valence-corrected chi connectivity index (χ3v) is 5.09. The van der Waals surface area contributed by atoms with Gasteiger partial charge in [-0.2, -0.15) is 0 Å². The van der Waals surface area contributed by atoms with Crippen LogP contribution < -0.4 is 15.8 Å². The lowest BCUT2D eigenvalue weighted by atomic mass is 9.94. The third kappa shape index (κ3) is 5.55. The van der Waals surface area contributed by atoms with Crippen LogP contribution in [0.25, 0.3) is 0 Å². The average molecular weight is 368 g/mol. The van der Waals surface area contributed by atoms with Gasteiger partial charge in [-0.05, 0) is 48.6 Å². The van der Waals surface area contributed by atoms with Crippen molar-refractivity contribution in [2.24, 2.45) is 17.6 Å². The summed E-state index contributed by atoms with van der Waals surface area (Å²) in [6.07, 6.45) is 2.10. The highest BCUT2D eigenvalue weighted by atomic mass is 16.5. The second-order valence-electron chi connectivity index (χ2n) is 7.11. The first-order valence-electron chi connectivity index (χ1n) is 9.55. The molecule has 0 radical (unpaired) electrons. The minimum Gasteiger partial charge on any atom is -0.493 e. The van der Waals surface area contributed by atoms with Crippen molar-refractivity contribution in [3.63, 3.8) is 0 Å². The third-order valence-electron chi connectivity index (χ3n) is 5.09. The molecule has 1 aliphatic heterocycles. The van der Waals surface area contributed by atoms with E-state index in [1.165, 1.54) is 0 Å². The molecule has 2 aromatic carbocycles. The molecule has 144 valence electrons. The Morgan fingerprint density at radius 2 is 1.81 bits per heavy atom. The van der Waals surface area contributed by atoms with Gasteiger partial charge in [0.05, 0.1) is 12.5 Å². The predicted molar refractivity (Wildman–Crippen MR) is 107 cm³/mol. The van der Waals surface area contributed by atoms with Crippen molar-refractivity contribution in [3.8, 4) is 5.75 Å². The Kier molecular flexibility index (Phi) is 6.85. The molecule has 5 heteroatoms. The van der Waals surface area contributed by atoms with E-state index in [0.717, 1.165) is 43.1 Å². The summed E-state index contributed by atoms with van der Waals surface area (Å²) in [6.45, 7) is 4.20. The first-order chi connectivity index (χ1) is 13.1. The van der Waals surface area contributed by atoms with E-state index in [4.69, 9.17) is 15.2 Å². The Hall–Kier alpha value is -2.37. The monoisotopic (exact) mass is 368 g/mol. The molecular weight excluding hydrogens is 340 g/mol. The Labute approximate surface area is 160 Å². The summed E-state index contributed by atoms with van der Waals surface area (Å²) in [6, 6.07) is 16.8. The number of amides is 1. The van der Waals surface area contributed by atoms with Gasteiger partial charge in [-0.15, -0.1) is 0 Å². The van der Waals surface area contributed by atoms with E-state index in [2.05, 4.69) is 5.32 Å². The Balaban J connectivity index is 1.50. The summed E-state index contributed by atoms with van der Waals surface area (Å²) >= 11 is 0. The molecule has 1 amide bonds. The average Bonchev–Trinajstić information content (AvgIpc) is 2.73. The smallest absolute Gasteiger partial charge is 0.229 e. The molecule has 2 atom stereocenters. The van der Waals surface area contributed by atoms with Gasteiger partial charge in [0.25, 0.3) is 0 Å². The molecule has 1 saturated heterocycles. The van der Waals surface area contributed by atoms with Crippen LogP contribution >= 0.6 is 0 Å². The Morgan fingerprint density at radius 3 is 2.48 bits per heavy atom. The van der Waals surface area contributed by atoms with Crippen molar-refractivity contribution in [2.45, 2.75) is 25.8 Å². The summed E-state index contributed by atoms with van der Waals surface area (Å²) in [5.74, 6) is 0.936. The SMILES string of the molecule is CC(C(=O)Nc1ccc(OCC2CCOCC2)cc1)C(N)c1ccccc1. The highest BCUT2D eigenvalue weighted by Gasteiger charge is 2.22. The molecule has 1 heterocycles. The lowest BCUT2D eigenvalue weighted by Gasteiger charge is -2.22. The maximum absolute atomic E-state index is 12.5. The van der Waals surface area contributed by atoms with Crippen molar-refractivity contribution in [1.29, 1.82) is 0 Å². The predicted octanol–water partition coefficient (Wildman–Crippen LogP) is 3.77. The number of rotatable bonds is 7. The summed E-state index contributed by atoms with van der Waals surface area (Å²) < 4.78 is 11.2. The first-order valence-corrected chi connectivity index (χ1v) is 9.55. The van der Waals surface area contributed by atoms with E-state index < -0.39 is 0 Å². The molecule has 2 aromatic rings. The van der Waals surface area contributed by atoms with E-state index in [9.17, 15) is 4.79 Å². The standard InChI is InChI=1S/C22H28N2O3/c1-16(21(23)18-5-3-2-4-6-18)22(25)24-19-7-9-20(10-8-19)27-15-17-11-13-26-14-12-17/h2-10,16-17,21H,11-15,23H2,1H3,(H,24,25). The molecule has 1 aliphatic rings. The van der Waals surface area contributed by atoms with Gasteiger partial charge in [-0.1, -0.05) is 37.3 Å². The number of ether oxygens (including phenoxy) is 2. The first kappa shape index (κ1) is 19.4. The van der Waals surface area contributed by atoms with Gasteiger partial charge in [0.2, 0.25) is 5.91 Å². The van der Waals surface area contributed by atoms with Crippen LogP contribution in [0.2, 0.25) is 0 Å². The molecule has 3 N–H and O–H groups in total. The van der Waals surface area contributed by atoms with E-state index in [-0.39, 0.29) is 17.9 Å². The number of anilines is 1. The van der Waals surface area contributed by atoms with Gasteiger partial charge in [-0.3, -0.25) is 4.79 Å². The molecule has 0 saturated carbocycles. The topological polar surface area (TPSA) is 73.6 Å². The van der Waals surface area contributed by atoms with Crippen molar-refractivity contribution < 1.29 is 14.3 Å². The molecule has 1 fully saturated rings. The lowest BCUT2D eigenvalue weighted by molar-refractivity contribution is -0.120. The van der Waals surface area contributed by atoms with Gasteiger partial charge >= 0.3 is 0 Å². The fourth-order valence-electron chi connectivity index (χ4n) is 3.14. The second-order valence-corrected chi connectivity index (χ2v) is 7.11. The summed E-state index contributed by atoms with van der Waals surface area (Å²) in [5, 5.41) is 2.93. The molecule has 0 aliphatic carbocycles. The highest BCUT2D eigenvalue weighted by Crippen LogP contribution is 2.23. The molecule has 0 spiro atoms. The maximum atomic E-state index is 12.5. The van der Waals surface area contributed by atoms with Gasteiger partial charge in [0.15, 0.2) is 0 Å². The van der Waals surface area contributed by atoms with Crippen molar-refractivity contribution in [1.82, 2.24) is 0 Å². The number of hydrogen-bond acceptors (Lipinski definition) is 4. The number of nitrogens with two attached hydrogens (primary N) is 1. The van der Waals surface area contributed by atoms with Crippen LogP contribution in [0.1, 0.15) is 31.4 Å². The maximum Gasteiger partial charge on any atom is 0.229 e. The normalized spacial score (nSPS) is 17.1. The van der Waals surface area contributed by atoms with Crippen molar-refractivity contribution in [2.75, 3.05) is 25.1 Å². The molecule has 2 unspecified atom stereocenters. The zero-order valence-corrected chi connectivity index (χ0v) is 15.8. The highest BCUT2D eigenvalue weighted by molar-refractivity contribution is 5.92. The van der Waals surface area contributed by atoms with Crippen LogP contribution in [0.4, 0.5) is 5.69 Å². The molecule has 0 bridgehead atoms. The van der Waals surface area contributed by atoms with E-state index in [1.807, 2.05) is 61.5 Å². The van der Waals surface area contributed by atoms with Crippen LogP contribution in [0.5, 0.6) is 5.75 Å². The van der Waals surface area contributed by atoms with Gasteiger partial charge in [0.1, 0.15) is 5.75 Å². The minimum atomic E-state index is -0.340. The van der Waals surface area contributed by atoms with Gasteiger partial charge < -0.3 is 20.5 Å². The Morgan fingerprint density at radius 1 is 1.15 bits per heavy atom. The number of benzene rings is 2. The van der Waals surface area contributed by atoms with Crippen LogP contribution in [-0.2, 0) is 9.53 Å². The minimum absolute atomic E-state index is 0.0952. The molecule has 5 nitrogen and oxygen atoms in total. The zero-order valence-electron chi connectivity index (χ0n) is 15.8. The van der Waals surface area contributed by atoms with E-state index >= 15 is 0 Å². The van der Waals surface area contributed by atoms with E-state index in [0.29, 0.717) is 12.5 Å². The fourth-order valence-corrected chi connectivity index (χ4v) is 3.14. The lowest BCUT2D eigenvalue weighted by Crippen LogP contribution is -2.30. The number of carbonyl (C=O) groups excluding carboxylic acids is 1. The van der Waals surface area contributed by atoms with Gasteiger partial charge in [-0.25, -0.2) is 0 Å². The summed E-state index contributed by atoms with van der Waals surface area (Å²) in [4.78, 5) is 12.5. The quantitative estimate of drug-likeness (QED) is 0.780.